The van der Waals surface area contributed by atoms with E-state index in [1.807, 2.05) is 0 Å². The van der Waals surface area contributed by atoms with Crippen LogP contribution in [0, 0.1) is 11.8 Å². The summed E-state index contributed by atoms with van der Waals surface area (Å²) in [6.07, 6.45) is 2.99. The molecule has 1 heteroatoms. The summed E-state index contributed by atoms with van der Waals surface area (Å²) >= 11 is 0. The van der Waals surface area contributed by atoms with Gasteiger partial charge in [-0.15, -0.1) is 0 Å². The zero-order valence-corrected chi connectivity index (χ0v) is 11.8. The molecule has 2 atom stereocenters. The van der Waals surface area contributed by atoms with E-state index in [1.54, 1.807) is 0 Å². The highest BCUT2D eigenvalue weighted by Gasteiger charge is 2.38. The molecule has 1 saturated carbocycles. The van der Waals surface area contributed by atoms with E-state index in [1.165, 1.54) is 17.2 Å². The maximum Gasteiger partial charge on any atom is 0.0907 e. The summed E-state index contributed by atoms with van der Waals surface area (Å²) in [5.41, 5.74) is 0.460. The summed E-state index contributed by atoms with van der Waals surface area (Å²) in [6, 6.07) is 14.7. The lowest BCUT2D eigenvalue weighted by atomic mass is 9.70. The second kappa shape index (κ2) is 4.64. The van der Waals surface area contributed by atoms with Crippen LogP contribution in [0.2, 0.25) is 0 Å². The monoisotopic (exact) mass is 254 g/mol. The largest absolute Gasteiger partial charge is 0.385 e. The Hall–Kier alpha value is -1.34. The number of hydrogen-bond acceptors (Lipinski definition) is 1. The van der Waals surface area contributed by atoms with Crippen molar-refractivity contribution in [2.45, 2.75) is 38.7 Å². The smallest absolute Gasteiger partial charge is 0.0907 e. The Morgan fingerprint density at radius 1 is 0.947 bits per heavy atom. The first-order valence-electron chi connectivity index (χ1n) is 7.29. The normalized spacial score (nSPS) is 31.5. The Morgan fingerprint density at radius 3 is 2.32 bits per heavy atom. The van der Waals surface area contributed by atoms with Gasteiger partial charge in [0.1, 0.15) is 0 Å². The number of hydrogen-bond donors (Lipinski definition) is 1. The molecule has 0 bridgehead atoms. The van der Waals surface area contributed by atoms with Gasteiger partial charge in [0.05, 0.1) is 5.60 Å². The summed E-state index contributed by atoms with van der Waals surface area (Å²) in [7, 11) is 0. The summed E-state index contributed by atoms with van der Waals surface area (Å²) in [5.74, 6) is 1.18. The van der Waals surface area contributed by atoms with Gasteiger partial charge >= 0.3 is 0 Å². The van der Waals surface area contributed by atoms with Crippen molar-refractivity contribution >= 4 is 10.8 Å². The van der Waals surface area contributed by atoms with E-state index in [4.69, 9.17) is 0 Å². The molecular formula is C18H22O. The molecule has 2 aromatic carbocycles. The Labute approximate surface area is 115 Å². The fourth-order valence-corrected chi connectivity index (χ4v) is 3.94. The minimum absolute atomic E-state index is 0.590. The number of benzene rings is 2. The van der Waals surface area contributed by atoms with Crippen molar-refractivity contribution in [2.24, 2.45) is 11.8 Å². The van der Waals surface area contributed by atoms with E-state index in [0.29, 0.717) is 11.8 Å². The van der Waals surface area contributed by atoms with Gasteiger partial charge in [0.2, 0.25) is 0 Å². The molecule has 1 aliphatic rings. The van der Waals surface area contributed by atoms with Gasteiger partial charge in [-0.05, 0) is 47.4 Å². The van der Waals surface area contributed by atoms with Crippen molar-refractivity contribution < 1.29 is 5.11 Å². The average molecular weight is 254 g/mol. The highest BCUT2D eigenvalue weighted by molar-refractivity contribution is 5.86. The van der Waals surface area contributed by atoms with Crippen LogP contribution in [0.4, 0.5) is 0 Å². The van der Waals surface area contributed by atoms with Gasteiger partial charge in [-0.25, -0.2) is 0 Å². The van der Waals surface area contributed by atoms with E-state index >= 15 is 0 Å². The van der Waals surface area contributed by atoms with Crippen LogP contribution < -0.4 is 0 Å². The van der Waals surface area contributed by atoms with Gasteiger partial charge in [-0.3, -0.25) is 0 Å². The van der Waals surface area contributed by atoms with E-state index in [9.17, 15) is 5.11 Å². The van der Waals surface area contributed by atoms with Gasteiger partial charge in [0.15, 0.2) is 0 Å². The second-order valence-corrected chi connectivity index (χ2v) is 6.41. The molecule has 0 spiro atoms. The molecule has 2 unspecified atom stereocenters. The number of aliphatic hydroxyl groups is 1. The van der Waals surface area contributed by atoms with Gasteiger partial charge in [-0.1, -0.05) is 56.3 Å². The minimum atomic E-state index is -0.655. The molecule has 0 heterocycles. The third-order valence-corrected chi connectivity index (χ3v) is 4.47. The van der Waals surface area contributed by atoms with Gasteiger partial charge in [0.25, 0.3) is 0 Å². The molecule has 100 valence electrons. The number of rotatable bonds is 1. The second-order valence-electron chi connectivity index (χ2n) is 6.41. The predicted octanol–water partition coefficient (Wildman–Crippen LogP) is 4.48. The molecule has 1 aliphatic carbocycles. The van der Waals surface area contributed by atoms with Crippen LogP contribution >= 0.6 is 0 Å². The molecule has 1 N–H and O–H groups in total. The van der Waals surface area contributed by atoms with Crippen LogP contribution in [0.1, 0.15) is 38.7 Å². The van der Waals surface area contributed by atoms with Gasteiger partial charge in [0, 0.05) is 0 Å². The Bertz CT molecular complexity index is 572. The van der Waals surface area contributed by atoms with E-state index < -0.39 is 5.60 Å². The molecule has 0 amide bonds. The molecule has 3 rings (SSSR count). The maximum absolute atomic E-state index is 11.2. The van der Waals surface area contributed by atoms with Crippen LogP contribution in [0.3, 0.4) is 0 Å². The van der Waals surface area contributed by atoms with Crippen molar-refractivity contribution in [3.63, 3.8) is 0 Å². The van der Waals surface area contributed by atoms with Crippen molar-refractivity contribution in [3.05, 3.63) is 48.0 Å². The Kier molecular flexibility index (Phi) is 3.10. The summed E-state index contributed by atoms with van der Waals surface area (Å²) in [4.78, 5) is 0. The number of fused-ring (bicyclic) bond motifs is 1. The molecule has 1 fully saturated rings. The highest BCUT2D eigenvalue weighted by Crippen LogP contribution is 2.44. The summed E-state index contributed by atoms with van der Waals surface area (Å²) < 4.78 is 0. The van der Waals surface area contributed by atoms with Crippen LogP contribution in [0.15, 0.2) is 42.5 Å². The molecule has 0 aliphatic heterocycles. The zero-order chi connectivity index (χ0) is 13.5. The van der Waals surface area contributed by atoms with E-state index in [-0.39, 0.29) is 0 Å². The molecular weight excluding hydrogens is 232 g/mol. The first kappa shape index (κ1) is 12.7. The molecule has 0 aromatic heterocycles. The first-order chi connectivity index (χ1) is 9.08. The molecule has 0 radical (unpaired) electrons. The van der Waals surface area contributed by atoms with E-state index in [2.05, 4.69) is 56.3 Å². The van der Waals surface area contributed by atoms with Crippen LogP contribution in [0.5, 0.6) is 0 Å². The average Bonchev–Trinajstić information content (AvgIpc) is 2.36. The topological polar surface area (TPSA) is 20.2 Å². The van der Waals surface area contributed by atoms with Crippen molar-refractivity contribution in [1.29, 1.82) is 0 Å². The lowest BCUT2D eigenvalue weighted by Crippen LogP contribution is -2.35. The minimum Gasteiger partial charge on any atom is -0.385 e. The molecule has 0 saturated heterocycles. The molecule has 2 aromatic rings. The third kappa shape index (κ3) is 2.28. The van der Waals surface area contributed by atoms with Crippen LogP contribution in [0.25, 0.3) is 10.8 Å². The fraction of sp³-hybridized carbons (Fsp3) is 0.444. The summed E-state index contributed by atoms with van der Waals surface area (Å²) in [5, 5.41) is 13.6. The Balaban J connectivity index is 2.12. The Morgan fingerprint density at radius 2 is 1.58 bits per heavy atom. The highest BCUT2D eigenvalue weighted by atomic mass is 16.3. The van der Waals surface area contributed by atoms with Crippen molar-refractivity contribution in [2.75, 3.05) is 0 Å². The van der Waals surface area contributed by atoms with Crippen LogP contribution in [-0.4, -0.2) is 5.11 Å². The van der Waals surface area contributed by atoms with E-state index in [0.717, 1.165) is 18.4 Å². The SMILES string of the molecule is CC1CC(C)CC(O)(c2cccc3ccccc23)C1. The quantitative estimate of drug-likeness (QED) is 0.795. The maximum atomic E-state index is 11.2. The van der Waals surface area contributed by atoms with Crippen molar-refractivity contribution in [3.8, 4) is 0 Å². The van der Waals surface area contributed by atoms with Crippen LogP contribution in [-0.2, 0) is 5.60 Å². The lowest BCUT2D eigenvalue weighted by Gasteiger charge is -2.40. The van der Waals surface area contributed by atoms with Gasteiger partial charge in [-0.2, -0.15) is 0 Å². The standard InChI is InChI=1S/C18H22O/c1-13-10-14(2)12-18(19,11-13)17-9-5-7-15-6-3-4-8-16(15)17/h3-9,13-14,19H,10-12H2,1-2H3. The molecule has 1 nitrogen and oxygen atoms in total. The van der Waals surface area contributed by atoms with Gasteiger partial charge < -0.3 is 5.11 Å². The fourth-order valence-electron chi connectivity index (χ4n) is 3.94. The summed E-state index contributed by atoms with van der Waals surface area (Å²) in [6.45, 7) is 4.51. The first-order valence-corrected chi connectivity index (χ1v) is 7.29. The predicted molar refractivity (Wildman–Crippen MR) is 80.0 cm³/mol. The van der Waals surface area contributed by atoms with Crippen molar-refractivity contribution in [1.82, 2.24) is 0 Å². The third-order valence-electron chi connectivity index (χ3n) is 4.47. The lowest BCUT2D eigenvalue weighted by molar-refractivity contribution is -0.0350. The molecule has 19 heavy (non-hydrogen) atoms. The zero-order valence-electron chi connectivity index (χ0n) is 11.8.